The van der Waals surface area contributed by atoms with Gasteiger partial charge in [0.1, 0.15) is 5.76 Å². The van der Waals surface area contributed by atoms with E-state index in [-0.39, 0.29) is 5.09 Å². The third-order valence-corrected chi connectivity index (χ3v) is 4.96. The van der Waals surface area contributed by atoms with Gasteiger partial charge in [0, 0.05) is 39.3 Å². The number of sulfonamides is 1. The van der Waals surface area contributed by atoms with Gasteiger partial charge >= 0.3 is 0 Å². The Morgan fingerprint density at radius 1 is 1.24 bits per heavy atom. The molecule has 120 valence electrons. The first-order valence-electron chi connectivity index (χ1n) is 7.15. The monoisotopic (exact) mass is 316 g/mol. The number of furan rings is 1. The SMILES string of the molecule is CNS(=O)(=O)c1ccc(CNCCN2CCN(C)CC2)o1. The highest BCUT2D eigenvalue weighted by atomic mass is 32.2. The van der Waals surface area contributed by atoms with Crippen LogP contribution in [0.15, 0.2) is 21.6 Å². The van der Waals surface area contributed by atoms with Crippen LogP contribution in [-0.2, 0) is 16.6 Å². The van der Waals surface area contributed by atoms with E-state index in [1.54, 1.807) is 6.07 Å². The van der Waals surface area contributed by atoms with Gasteiger partial charge in [-0.05, 0) is 26.2 Å². The van der Waals surface area contributed by atoms with E-state index in [4.69, 9.17) is 4.42 Å². The van der Waals surface area contributed by atoms with Crippen molar-refractivity contribution in [2.24, 2.45) is 0 Å². The Kier molecular flexibility index (Phi) is 5.77. The number of nitrogens with zero attached hydrogens (tertiary/aromatic N) is 2. The number of nitrogens with one attached hydrogen (secondary N) is 2. The molecule has 0 spiro atoms. The molecule has 2 rings (SSSR count). The minimum absolute atomic E-state index is 0.0409. The lowest BCUT2D eigenvalue weighted by Gasteiger charge is -2.32. The number of likely N-dealkylation sites (N-methyl/N-ethyl adjacent to an activating group) is 1. The Bertz CT molecular complexity index is 535. The smallest absolute Gasteiger partial charge is 0.273 e. The quantitative estimate of drug-likeness (QED) is 0.662. The van der Waals surface area contributed by atoms with E-state index in [1.165, 1.54) is 13.1 Å². The lowest BCUT2D eigenvalue weighted by Crippen LogP contribution is -2.46. The summed E-state index contributed by atoms with van der Waals surface area (Å²) in [5, 5.41) is 3.24. The van der Waals surface area contributed by atoms with Gasteiger partial charge in [0.05, 0.1) is 6.54 Å². The average molecular weight is 316 g/mol. The van der Waals surface area contributed by atoms with Gasteiger partial charge in [-0.25, -0.2) is 13.1 Å². The molecule has 21 heavy (non-hydrogen) atoms. The van der Waals surface area contributed by atoms with Crippen LogP contribution in [0.5, 0.6) is 0 Å². The lowest BCUT2D eigenvalue weighted by molar-refractivity contribution is 0.154. The highest BCUT2D eigenvalue weighted by molar-refractivity contribution is 7.89. The van der Waals surface area contributed by atoms with Crippen molar-refractivity contribution in [1.29, 1.82) is 0 Å². The first kappa shape index (κ1) is 16.4. The fourth-order valence-electron chi connectivity index (χ4n) is 2.22. The number of rotatable bonds is 7. The Hall–Kier alpha value is -0.930. The molecule has 1 saturated heterocycles. The van der Waals surface area contributed by atoms with E-state index in [1.807, 2.05) is 0 Å². The normalized spacial score (nSPS) is 18.2. The molecule has 0 aromatic carbocycles. The van der Waals surface area contributed by atoms with Crippen molar-refractivity contribution in [3.63, 3.8) is 0 Å². The van der Waals surface area contributed by atoms with Crippen LogP contribution in [0.2, 0.25) is 0 Å². The second-order valence-corrected chi connectivity index (χ2v) is 7.07. The molecule has 0 amide bonds. The molecule has 1 aliphatic rings. The fourth-order valence-corrected chi connectivity index (χ4v) is 2.88. The van der Waals surface area contributed by atoms with Gasteiger partial charge < -0.3 is 14.6 Å². The van der Waals surface area contributed by atoms with Crippen molar-refractivity contribution < 1.29 is 12.8 Å². The molecule has 1 aliphatic heterocycles. The van der Waals surface area contributed by atoms with Gasteiger partial charge in [-0.1, -0.05) is 0 Å². The maximum atomic E-state index is 11.5. The summed E-state index contributed by atoms with van der Waals surface area (Å²) in [7, 11) is 0.0214. The number of hydrogen-bond donors (Lipinski definition) is 2. The molecule has 2 heterocycles. The van der Waals surface area contributed by atoms with Crippen molar-refractivity contribution in [2.75, 3.05) is 53.4 Å². The maximum Gasteiger partial charge on any atom is 0.273 e. The summed E-state index contributed by atoms with van der Waals surface area (Å²) in [6, 6.07) is 3.16. The van der Waals surface area contributed by atoms with Crippen LogP contribution < -0.4 is 10.0 Å². The molecule has 0 bridgehead atoms. The van der Waals surface area contributed by atoms with E-state index >= 15 is 0 Å². The van der Waals surface area contributed by atoms with Gasteiger partial charge in [-0.15, -0.1) is 0 Å². The van der Waals surface area contributed by atoms with Crippen LogP contribution >= 0.6 is 0 Å². The van der Waals surface area contributed by atoms with Crippen molar-refractivity contribution in [1.82, 2.24) is 19.8 Å². The molecule has 7 nitrogen and oxygen atoms in total. The zero-order valence-electron chi connectivity index (χ0n) is 12.6. The van der Waals surface area contributed by atoms with Crippen LogP contribution in [-0.4, -0.2) is 71.6 Å². The predicted octanol–water partition coefficient (Wildman–Crippen LogP) is -0.475. The van der Waals surface area contributed by atoms with E-state index < -0.39 is 10.0 Å². The van der Waals surface area contributed by atoms with Gasteiger partial charge in [-0.2, -0.15) is 0 Å². The molecule has 0 radical (unpaired) electrons. The van der Waals surface area contributed by atoms with Crippen LogP contribution in [0, 0.1) is 0 Å². The Morgan fingerprint density at radius 3 is 2.62 bits per heavy atom. The van der Waals surface area contributed by atoms with Crippen LogP contribution in [0.25, 0.3) is 0 Å². The molecule has 1 aromatic heterocycles. The van der Waals surface area contributed by atoms with Crippen LogP contribution in [0.1, 0.15) is 5.76 Å². The largest absolute Gasteiger partial charge is 0.447 e. The standard InChI is InChI=1S/C13H24N4O3S/c1-14-21(18,19)13-4-3-12(20-13)11-15-5-6-17-9-7-16(2)8-10-17/h3-4,14-15H,5-11H2,1-2H3. The molecule has 2 N–H and O–H groups in total. The minimum Gasteiger partial charge on any atom is -0.447 e. The topological polar surface area (TPSA) is 77.8 Å². The molecule has 1 aromatic rings. The van der Waals surface area contributed by atoms with Crippen molar-refractivity contribution in [3.8, 4) is 0 Å². The zero-order valence-corrected chi connectivity index (χ0v) is 13.4. The Balaban J connectivity index is 1.70. The van der Waals surface area contributed by atoms with Crippen LogP contribution in [0.4, 0.5) is 0 Å². The third kappa shape index (κ3) is 4.79. The third-order valence-electron chi connectivity index (χ3n) is 3.67. The zero-order chi connectivity index (χ0) is 15.3. The van der Waals surface area contributed by atoms with E-state index in [9.17, 15) is 8.42 Å². The second kappa shape index (κ2) is 7.37. The summed E-state index contributed by atoms with van der Waals surface area (Å²) in [6.07, 6.45) is 0. The molecular formula is C13H24N4O3S. The van der Waals surface area contributed by atoms with Crippen molar-refractivity contribution >= 4 is 10.0 Å². The predicted molar refractivity (Wildman–Crippen MR) is 80.6 cm³/mol. The van der Waals surface area contributed by atoms with Crippen molar-refractivity contribution in [2.45, 2.75) is 11.6 Å². The molecular weight excluding hydrogens is 292 g/mol. The molecule has 0 atom stereocenters. The Labute approximate surface area is 126 Å². The van der Waals surface area contributed by atoms with Crippen molar-refractivity contribution in [3.05, 3.63) is 17.9 Å². The molecule has 0 saturated carbocycles. The van der Waals surface area contributed by atoms with Crippen LogP contribution in [0.3, 0.4) is 0 Å². The highest BCUT2D eigenvalue weighted by Gasteiger charge is 2.16. The highest BCUT2D eigenvalue weighted by Crippen LogP contribution is 2.13. The summed E-state index contributed by atoms with van der Waals surface area (Å²) in [6.45, 7) is 6.82. The summed E-state index contributed by atoms with van der Waals surface area (Å²) in [5.74, 6) is 0.627. The summed E-state index contributed by atoms with van der Waals surface area (Å²) in [4.78, 5) is 4.75. The Morgan fingerprint density at radius 2 is 1.95 bits per heavy atom. The summed E-state index contributed by atoms with van der Waals surface area (Å²) >= 11 is 0. The molecule has 1 fully saturated rings. The van der Waals surface area contributed by atoms with Gasteiger partial charge in [0.15, 0.2) is 0 Å². The van der Waals surface area contributed by atoms with E-state index in [2.05, 4.69) is 26.9 Å². The van der Waals surface area contributed by atoms with E-state index in [0.29, 0.717) is 12.3 Å². The number of hydrogen-bond acceptors (Lipinski definition) is 6. The summed E-state index contributed by atoms with van der Waals surface area (Å²) in [5.41, 5.74) is 0. The van der Waals surface area contributed by atoms with Gasteiger partial charge in [0.2, 0.25) is 5.09 Å². The second-order valence-electron chi connectivity index (χ2n) is 5.25. The van der Waals surface area contributed by atoms with E-state index in [0.717, 1.165) is 39.3 Å². The van der Waals surface area contributed by atoms with Gasteiger partial charge in [0.25, 0.3) is 10.0 Å². The summed E-state index contributed by atoms with van der Waals surface area (Å²) < 4.78 is 30.6. The number of piperazine rings is 1. The first-order chi connectivity index (χ1) is 10.0. The average Bonchev–Trinajstić information content (AvgIpc) is 2.95. The minimum atomic E-state index is -3.49. The molecule has 8 heteroatoms. The maximum absolute atomic E-state index is 11.5. The first-order valence-corrected chi connectivity index (χ1v) is 8.63. The van der Waals surface area contributed by atoms with Gasteiger partial charge in [-0.3, -0.25) is 4.90 Å². The lowest BCUT2D eigenvalue weighted by atomic mass is 10.3. The molecule has 0 unspecified atom stereocenters. The molecule has 0 aliphatic carbocycles. The fraction of sp³-hybridized carbons (Fsp3) is 0.692.